The highest BCUT2D eigenvalue weighted by atomic mass is 79.9. The van der Waals surface area contributed by atoms with E-state index in [0.717, 1.165) is 4.47 Å². The molecule has 0 aliphatic heterocycles. The number of nitrogens with one attached hydrogen (secondary N) is 1. The minimum atomic E-state index is 0.237. The largest absolute Gasteiger partial charge is 0.309 e. The molecule has 0 amide bonds. The van der Waals surface area contributed by atoms with Crippen molar-refractivity contribution in [3.8, 4) is 0 Å². The maximum Gasteiger partial charge on any atom is 0.0574 e. The summed E-state index contributed by atoms with van der Waals surface area (Å²) >= 11 is 3.53. The fourth-order valence-electron chi connectivity index (χ4n) is 2.39. The molecule has 1 nitrogen and oxygen atoms in total. The Morgan fingerprint density at radius 3 is 2.17 bits per heavy atom. The van der Waals surface area contributed by atoms with Crippen LogP contribution >= 0.6 is 15.9 Å². The Morgan fingerprint density at radius 1 is 0.944 bits per heavy atom. The lowest BCUT2D eigenvalue weighted by Crippen LogP contribution is -2.17. The van der Waals surface area contributed by atoms with Crippen molar-refractivity contribution in [3.05, 3.63) is 69.2 Å². The van der Waals surface area contributed by atoms with Crippen LogP contribution in [0.15, 0.2) is 46.9 Å². The number of hydrogen-bond acceptors (Lipinski definition) is 1. The van der Waals surface area contributed by atoms with Crippen LogP contribution in [0.25, 0.3) is 0 Å². The van der Waals surface area contributed by atoms with Crippen LogP contribution in [0.1, 0.15) is 28.3 Å². The van der Waals surface area contributed by atoms with Crippen LogP contribution in [0.2, 0.25) is 0 Å². The summed E-state index contributed by atoms with van der Waals surface area (Å²) in [5, 5.41) is 3.40. The van der Waals surface area contributed by atoms with E-state index in [0.29, 0.717) is 0 Å². The van der Waals surface area contributed by atoms with Crippen molar-refractivity contribution in [2.24, 2.45) is 0 Å². The minimum Gasteiger partial charge on any atom is -0.309 e. The molecule has 0 saturated heterocycles. The predicted octanol–water partition coefficient (Wildman–Crippen LogP) is 4.37. The lowest BCUT2D eigenvalue weighted by atomic mass is 9.96. The Bertz CT molecular complexity index is 528. The van der Waals surface area contributed by atoms with Gasteiger partial charge in [0.1, 0.15) is 0 Å². The maximum absolute atomic E-state index is 3.53. The Labute approximate surface area is 117 Å². The van der Waals surface area contributed by atoms with Crippen molar-refractivity contribution in [1.29, 1.82) is 0 Å². The second-order valence-corrected chi connectivity index (χ2v) is 5.61. The molecule has 0 bridgehead atoms. The summed E-state index contributed by atoms with van der Waals surface area (Å²) in [4.78, 5) is 0. The topological polar surface area (TPSA) is 12.0 Å². The SMILES string of the molecule is CNC(c1cc(C)cc(C)c1)c1cccc(Br)c1. The van der Waals surface area contributed by atoms with Crippen molar-refractivity contribution in [2.75, 3.05) is 7.05 Å². The van der Waals surface area contributed by atoms with Gasteiger partial charge in [0.15, 0.2) is 0 Å². The van der Waals surface area contributed by atoms with Crippen molar-refractivity contribution >= 4 is 15.9 Å². The molecule has 18 heavy (non-hydrogen) atoms. The Hall–Kier alpha value is -1.12. The molecule has 0 radical (unpaired) electrons. The van der Waals surface area contributed by atoms with Crippen LogP contribution in [0.4, 0.5) is 0 Å². The van der Waals surface area contributed by atoms with E-state index in [4.69, 9.17) is 0 Å². The van der Waals surface area contributed by atoms with Gasteiger partial charge >= 0.3 is 0 Å². The molecule has 0 heterocycles. The lowest BCUT2D eigenvalue weighted by molar-refractivity contribution is 0.690. The second-order valence-electron chi connectivity index (χ2n) is 4.70. The first-order valence-corrected chi connectivity index (χ1v) is 6.90. The highest BCUT2D eigenvalue weighted by molar-refractivity contribution is 9.10. The van der Waals surface area contributed by atoms with Crippen LogP contribution in [0.5, 0.6) is 0 Å². The smallest absolute Gasteiger partial charge is 0.0574 e. The van der Waals surface area contributed by atoms with E-state index in [-0.39, 0.29) is 6.04 Å². The molecule has 94 valence electrons. The molecule has 0 aliphatic carbocycles. The Balaban J connectivity index is 2.45. The van der Waals surface area contributed by atoms with Gasteiger partial charge in [-0.2, -0.15) is 0 Å². The van der Waals surface area contributed by atoms with Crippen LogP contribution in [0, 0.1) is 13.8 Å². The van der Waals surface area contributed by atoms with Crippen LogP contribution in [0.3, 0.4) is 0 Å². The number of hydrogen-bond donors (Lipinski definition) is 1. The van der Waals surface area contributed by atoms with Crippen LogP contribution in [-0.2, 0) is 0 Å². The molecule has 2 aromatic carbocycles. The monoisotopic (exact) mass is 303 g/mol. The molecule has 1 N–H and O–H groups in total. The Morgan fingerprint density at radius 2 is 1.61 bits per heavy atom. The van der Waals surface area contributed by atoms with E-state index in [9.17, 15) is 0 Å². The number of aryl methyl sites for hydroxylation is 2. The molecule has 1 atom stereocenters. The quantitative estimate of drug-likeness (QED) is 0.887. The molecule has 2 rings (SSSR count). The zero-order valence-corrected chi connectivity index (χ0v) is 12.6. The third-order valence-corrected chi connectivity index (χ3v) is 3.54. The fourth-order valence-corrected chi connectivity index (χ4v) is 2.81. The van der Waals surface area contributed by atoms with Crippen molar-refractivity contribution in [3.63, 3.8) is 0 Å². The van der Waals surface area contributed by atoms with Gasteiger partial charge in [0.25, 0.3) is 0 Å². The van der Waals surface area contributed by atoms with Gasteiger partial charge < -0.3 is 5.32 Å². The normalized spacial score (nSPS) is 12.4. The van der Waals surface area contributed by atoms with Gasteiger partial charge in [0.2, 0.25) is 0 Å². The summed E-state index contributed by atoms with van der Waals surface area (Å²) in [6.07, 6.45) is 0. The van der Waals surface area contributed by atoms with E-state index in [1.54, 1.807) is 0 Å². The molecule has 0 saturated carbocycles. The van der Waals surface area contributed by atoms with E-state index in [1.807, 2.05) is 7.05 Å². The number of rotatable bonds is 3. The van der Waals surface area contributed by atoms with Gasteiger partial charge in [-0.3, -0.25) is 0 Å². The highest BCUT2D eigenvalue weighted by Crippen LogP contribution is 2.25. The summed E-state index contributed by atoms with van der Waals surface area (Å²) in [7, 11) is 2.00. The fraction of sp³-hybridized carbons (Fsp3) is 0.250. The summed E-state index contributed by atoms with van der Waals surface area (Å²) < 4.78 is 1.12. The van der Waals surface area contributed by atoms with Gasteiger partial charge in [0.05, 0.1) is 6.04 Å². The maximum atomic E-state index is 3.53. The molecule has 2 heteroatoms. The van der Waals surface area contributed by atoms with E-state index in [2.05, 4.69) is 77.6 Å². The van der Waals surface area contributed by atoms with Crippen LogP contribution < -0.4 is 5.32 Å². The molecule has 0 aliphatic rings. The summed E-state index contributed by atoms with van der Waals surface area (Å²) in [5.41, 5.74) is 5.20. The zero-order valence-electron chi connectivity index (χ0n) is 11.0. The molecule has 0 aromatic heterocycles. The summed E-state index contributed by atoms with van der Waals surface area (Å²) in [5.74, 6) is 0. The van der Waals surface area contributed by atoms with Gasteiger partial charge in [-0.15, -0.1) is 0 Å². The van der Waals surface area contributed by atoms with Gasteiger partial charge in [-0.25, -0.2) is 0 Å². The van der Waals surface area contributed by atoms with Crippen molar-refractivity contribution < 1.29 is 0 Å². The molecular formula is C16H18BrN. The van der Waals surface area contributed by atoms with Crippen LogP contribution in [-0.4, -0.2) is 7.05 Å². The minimum absolute atomic E-state index is 0.237. The Kier molecular flexibility index (Phi) is 4.20. The summed E-state index contributed by atoms with van der Waals surface area (Å²) in [6, 6.07) is 15.4. The van der Waals surface area contributed by atoms with Gasteiger partial charge in [-0.05, 0) is 44.2 Å². The van der Waals surface area contributed by atoms with E-state index in [1.165, 1.54) is 22.3 Å². The lowest BCUT2D eigenvalue weighted by Gasteiger charge is -2.18. The number of benzene rings is 2. The summed E-state index contributed by atoms with van der Waals surface area (Å²) in [6.45, 7) is 4.29. The average Bonchev–Trinajstić information content (AvgIpc) is 2.28. The third-order valence-electron chi connectivity index (χ3n) is 3.05. The third kappa shape index (κ3) is 3.01. The highest BCUT2D eigenvalue weighted by Gasteiger charge is 2.12. The van der Waals surface area contributed by atoms with Gasteiger partial charge in [0, 0.05) is 4.47 Å². The molecule has 2 aromatic rings. The molecule has 0 fully saturated rings. The van der Waals surface area contributed by atoms with Crippen molar-refractivity contribution in [2.45, 2.75) is 19.9 Å². The molecule has 0 spiro atoms. The number of halogens is 1. The molecule has 1 unspecified atom stereocenters. The average molecular weight is 304 g/mol. The first-order chi connectivity index (χ1) is 8.60. The molecular weight excluding hydrogens is 286 g/mol. The van der Waals surface area contributed by atoms with E-state index >= 15 is 0 Å². The van der Waals surface area contributed by atoms with E-state index < -0.39 is 0 Å². The first kappa shape index (κ1) is 13.3. The predicted molar refractivity (Wildman–Crippen MR) is 81.0 cm³/mol. The second kappa shape index (κ2) is 5.68. The zero-order chi connectivity index (χ0) is 13.1. The van der Waals surface area contributed by atoms with Gasteiger partial charge in [-0.1, -0.05) is 57.4 Å². The first-order valence-electron chi connectivity index (χ1n) is 6.11. The standard InChI is InChI=1S/C16H18BrN/c1-11-7-12(2)9-14(8-11)16(18-3)13-5-4-6-15(17)10-13/h4-10,16,18H,1-3H3. The van der Waals surface area contributed by atoms with Crippen molar-refractivity contribution in [1.82, 2.24) is 5.32 Å².